The van der Waals surface area contributed by atoms with Gasteiger partial charge in [-0.2, -0.15) is 0 Å². The van der Waals surface area contributed by atoms with Crippen LogP contribution in [0.4, 0.5) is 5.69 Å². The lowest BCUT2D eigenvalue weighted by Gasteiger charge is -2.15. The molecule has 6 nitrogen and oxygen atoms in total. The molecule has 0 amide bonds. The summed E-state index contributed by atoms with van der Waals surface area (Å²) in [6, 6.07) is 4.03. The molecule has 0 aliphatic rings. The predicted octanol–water partition coefficient (Wildman–Crippen LogP) is 4.36. The van der Waals surface area contributed by atoms with Gasteiger partial charge in [-0.05, 0) is 45.6 Å². The van der Waals surface area contributed by atoms with Crippen LogP contribution in [0.1, 0.15) is 57.8 Å². The Bertz CT molecular complexity index is 554. The molecule has 0 radical (unpaired) electrons. The van der Waals surface area contributed by atoms with Crippen LogP contribution in [-0.4, -0.2) is 23.1 Å². The Morgan fingerprint density at radius 3 is 2.35 bits per heavy atom. The summed E-state index contributed by atoms with van der Waals surface area (Å²) in [5, 5.41) is 11.0. The molecule has 0 aromatic heterocycles. The minimum atomic E-state index is -0.530. The second-order valence-corrected chi connectivity index (χ2v) is 6.29. The van der Waals surface area contributed by atoms with Crippen LogP contribution < -0.4 is 4.74 Å². The van der Waals surface area contributed by atoms with Gasteiger partial charge in [0, 0.05) is 12.1 Å². The van der Waals surface area contributed by atoms with Crippen molar-refractivity contribution >= 4 is 11.7 Å². The van der Waals surface area contributed by atoms with E-state index in [1.54, 1.807) is 13.8 Å². The number of hydrogen-bond acceptors (Lipinski definition) is 5. The van der Waals surface area contributed by atoms with Crippen LogP contribution in [0.15, 0.2) is 18.2 Å². The van der Waals surface area contributed by atoms with Crippen LogP contribution >= 0.6 is 0 Å². The molecular weight excluding hydrogens is 298 g/mol. The minimum absolute atomic E-state index is 0.0780. The molecule has 1 rings (SSSR count). The Morgan fingerprint density at radius 2 is 1.83 bits per heavy atom. The fourth-order valence-electron chi connectivity index (χ4n) is 2.02. The number of nitro benzene ring substituents is 1. The van der Waals surface area contributed by atoms with Crippen molar-refractivity contribution in [3.63, 3.8) is 0 Å². The molecule has 0 saturated heterocycles. The van der Waals surface area contributed by atoms with Crippen molar-refractivity contribution < 1.29 is 19.2 Å². The first-order valence-electron chi connectivity index (χ1n) is 7.86. The number of ether oxygens (including phenoxy) is 2. The number of esters is 1. The van der Waals surface area contributed by atoms with Gasteiger partial charge in [0.25, 0.3) is 0 Å². The Kier molecular flexibility index (Phi) is 7.00. The van der Waals surface area contributed by atoms with Gasteiger partial charge in [-0.1, -0.05) is 13.8 Å². The van der Waals surface area contributed by atoms with E-state index < -0.39 is 10.9 Å². The van der Waals surface area contributed by atoms with Gasteiger partial charge in [-0.25, -0.2) is 4.79 Å². The molecule has 0 heterocycles. The number of hydrogen-bond donors (Lipinski definition) is 0. The number of nitro groups is 1. The van der Waals surface area contributed by atoms with Gasteiger partial charge < -0.3 is 9.47 Å². The van der Waals surface area contributed by atoms with E-state index in [0.717, 1.165) is 12.8 Å². The summed E-state index contributed by atoms with van der Waals surface area (Å²) in [5.41, 5.74) is 0.0887. The first-order valence-corrected chi connectivity index (χ1v) is 7.86. The summed E-state index contributed by atoms with van der Waals surface area (Å²) in [5.74, 6) is 0.126. The molecule has 1 atom stereocenters. The zero-order valence-electron chi connectivity index (χ0n) is 14.4. The molecule has 0 bridgehead atoms. The molecule has 1 aromatic rings. The van der Waals surface area contributed by atoms with Gasteiger partial charge in [-0.3, -0.25) is 10.1 Å². The molecule has 1 unspecified atom stereocenters. The highest BCUT2D eigenvalue weighted by Gasteiger charge is 2.20. The van der Waals surface area contributed by atoms with Crippen LogP contribution in [0.5, 0.6) is 5.75 Å². The van der Waals surface area contributed by atoms with Crippen LogP contribution in [0.2, 0.25) is 0 Å². The maximum absolute atomic E-state index is 12.2. The van der Waals surface area contributed by atoms with E-state index in [1.165, 1.54) is 18.2 Å². The summed E-state index contributed by atoms with van der Waals surface area (Å²) in [4.78, 5) is 22.7. The van der Waals surface area contributed by atoms with Gasteiger partial charge in [0.15, 0.2) is 5.75 Å². The highest BCUT2D eigenvalue weighted by molar-refractivity contribution is 5.90. The first-order chi connectivity index (χ1) is 10.7. The molecule has 0 N–H and O–H groups in total. The van der Waals surface area contributed by atoms with E-state index in [0.29, 0.717) is 5.92 Å². The van der Waals surface area contributed by atoms with E-state index >= 15 is 0 Å². The van der Waals surface area contributed by atoms with Gasteiger partial charge in [0.1, 0.15) is 0 Å². The van der Waals surface area contributed by atoms with Gasteiger partial charge in [0.05, 0.1) is 22.7 Å². The monoisotopic (exact) mass is 323 g/mol. The smallest absolute Gasteiger partial charge is 0.338 e. The molecular formula is C17H25NO5. The standard InChI is InChI=1S/C17H25NO5/c1-11(2)6-7-13(5)23-17(19)14-8-9-15(18(20)21)16(10-14)22-12(3)4/h8-13H,6-7H2,1-5H3. The van der Waals surface area contributed by atoms with Gasteiger partial charge in [0.2, 0.25) is 0 Å². The number of carbonyl (C=O) groups is 1. The van der Waals surface area contributed by atoms with Gasteiger partial charge in [-0.15, -0.1) is 0 Å². The lowest BCUT2D eigenvalue weighted by molar-refractivity contribution is -0.386. The van der Waals surface area contributed by atoms with Crippen molar-refractivity contribution in [2.45, 2.75) is 59.7 Å². The van der Waals surface area contributed by atoms with Crippen molar-refractivity contribution in [3.8, 4) is 5.75 Å². The third kappa shape index (κ3) is 6.26. The van der Waals surface area contributed by atoms with Crippen LogP contribution in [0.3, 0.4) is 0 Å². The van der Waals surface area contributed by atoms with Crippen molar-refractivity contribution in [3.05, 3.63) is 33.9 Å². The van der Waals surface area contributed by atoms with Crippen LogP contribution in [0.25, 0.3) is 0 Å². The van der Waals surface area contributed by atoms with E-state index in [4.69, 9.17) is 9.47 Å². The molecule has 23 heavy (non-hydrogen) atoms. The Morgan fingerprint density at radius 1 is 1.17 bits per heavy atom. The zero-order valence-corrected chi connectivity index (χ0v) is 14.4. The summed E-state index contributed by atoms with van der Waals surface area (Å²) in [7, 11) is 0. The number of rotatable bonds is 8. The van der Waals surface area contributed by atoms with E-state index in [1.807, 2.05) is 6.92 Å². The topological polar surface area (TPSA) is 78.7 Å². The maximum atomic E-state index is 12.2. The van der Waals surface area contributed by atoms with Crippen molar-refractivity contribution in [1.29, 1.82) is 0 Å². The van der Waals surface area contributed by atoms with Crippen molar-refractivity contribution in [2.24, 2.45) is 5.92 Å². The molecule has 0 spiro atoms. The van der Waals surface area contributed by atoms with Crippen LogP contribution in [0, 0.1) is 16.0 Å². The quantitative estimate of drug-likeness (QED) is 0.403. The molecule has 0 fully saturated rings. The summed E-state index contributed by atoms with van der Waals surface area (Å²) in [6.07, 6.45) is 1.32. The summed E-state index contributed by atoms with van der Waals surface area (Å²) < 4.78 is 10.8. The molecule has 1 aromatic carbocycles. The largest absolute Gasteiger partial charge is 0.484 e. The number of nitrogens with zero attached hydrogens (tertiary/aromatic N) is 1. The first kappa shape index (κ1) is 18.9. The fourth-order valence-corrected chi connectivity index (χ4v) is 2.02. The molecule has 0 saturated carbocycles. The third-order valence-electron chi connectivity index (χ3n) is 3.21. The summed E-state index contributed by atoms with van der Waals surface area (Å²) >= 11 is 0. The highest BCUT2D eigenvalue weighted by Crippen LogP contribution is 2.29. The third-order valence-corrected chi connectivity index (χ3v) is 3.21. The second kappa shape index (κ2) is 8.50. The van der Waals surface area contributed by atoms with Crippen LogP contribution in [-0.2, 0) is 4.74 Å². The maximum Gasteiger partial charge on any atom is 0.338 e. The van der Waals surface area contributed by atoms with E-state index in [9.17, 15) is 14.9 Å². The zero-order chi connectivity index (χ0) is 17.6. The van der Waals surface area contributed by atoms with E-state index in [-0.39, 0.29) is 29.2 Å². The van der Waals surface area contributed by atoms with Crippen molar-refractivity contribution in [2.75, 3.05) is 0 Å². The number of benzene rings is 1. The highest BCUT2D eigenvalue weighted by atomic mass is 16.6. The molecule has 6 heteroatoms. The normalized spacial score (nSPS) is 12.3. The molecule has 0 aliphatic carbocycles. The Labute approximate surface area is 136 Å². The average Bonchev–Trinajstić information content (AvgIpc) is 2.44. The fraction of sp³-hybridized carbons (Fsp3) is 0.588. The Hall–Kier alpha value is -2.11. The second-order valence-electron chi connectivity index (χ2n) is 6.29. The lowest BCUT2D eigenvalue weighted by atomic mass is 10.1. The molecule has 128 valence electrons. The summed E-state index contributed by atoms with van der Waals surface area (Å²) in [6.45, 7) is 9.60. The Balaban J connectivity index is 2.86. The average molecular weight is 323 g/mol. The van der Waals surface area contributed by atoms with Crippen molar-refractivity contribution in [1.82, 2.24) is 0 Å². The molecule has 0 aliphatic heterocycles. The van der Waals surface area contributed by atoms with E-state index in [2.05, 4.69) is 13.8 Å². The predicted molar refractivity (Wildman–Crippen MR) is 87.8 cm³/mol. The van der Waals surface area contributed by atoms with Gasteiger partial charge >= 0.3 is 11.7 Å². The SMILES string of the molecule is CC(C)CCC(C)OC(=O)c1ccc([N+](=O)[O-])c(OC(C)C)c1. The minimum Gasteiger partial charge on any atom is -0.484 e. The number of carbonyl (C=O) groups excluding carboxylic acids is 1. The lowest BCUT2D eigenvalue weighted by Crippen LogP contribution is -2.16.